The molecular formula is C19H23NO5. The molecule has 0 fully saturated rings. The van der Waals surface area contributed by atoms with Gasteiger partial charge in [0.15, 0.2) is 17.3 Å². The Hall–Kier alpha value is -2.50. The molecule has 1 aromatic carbocycles. The number of hydrogen-bond acceptors (Lipinski definition) is 6. The van der Waals surface area contributed by atoms with Crippen LogP contribution in [0.25, 0.3) is 0 Å². The summed E-state index contributed by atoms with van der Waals surface area (Å²) < 4.78 is 11.1. The van der Waals surface area contributed by atoms with E-state index in [0.717, 1.165) is 11.3 Å². The molecule has 0 spiro atoms. The molecule has 1 N–H and O–H groups in total. The van der Waals surface area contributed by atoms with Gasteiger partial charge in [-0.1, -0.05) is 18.1 Å². The molecule has 0 amide bonds. The maximum absolute atomic E-state index is 12.6. The fourth-order valence-electron chi connectivity index (χ4n) is 3.20. The number of benzene rings is 1. The molecule has 1 aliphatic heterocycles. The van der Waals surface area contributed by atoms with Gasteiger partial charge in [0.05, 0.1) is 11.3 Å². The van der Waals surface area contributed by atoms with Crippen LogP contribution in [0.1, 0.15) is 44.6 Å². The smallest absolute Gasteiger partial charge is 0.168 e. The standard InChI is InChI=1S/C19H23NO5/c1-3-14(20-25-4-2)19-15(21)9-13(10-16(19)22)12-5-6-17-18(11-12)24-8-7-23-17/h5-6,11,13,21H,3-4,7-10H2,1-2H3. The minimum Gasteiger partial charge on any atom is -0.511 e. The molecule has 2 aliphatic rings. The molecule has 1 unspecified atom stereocenters. The topological polar surface area (TPSA) is 77.3 Å². The number of fused-ring (bicyclic) bond motifs is 1. The highest BCUT2D eigenvalue weighted by Gasteiger charge is 2.31. The van der Waals surface area contributed by atoms with Gasteiger partial charge in [-0.2, -0.15) is 0 Å². The molecule has 3 rings (SSSR count). The van der Waals surface area contributed by atoms with Gasteiger partial charge in [-0.15, -0.1) is 0 Å². The van der Waals surface area contributed by atoms with Crippen LogP contribution in [-0.2, 0) is 9.63 Å². The highest BCUT2D eigenvalue weighted by atomic mass is 16.6. The number of nitrogens with zero attached hydrogens (tertiary/aromatic N) is 1. The Bertz CT molecular complexity index is 723. The van der Waals surface area contributed by atoms with E-state index < -0.39 is 0 Å². The number of Topliss-reactive ketones (excluding diaryl/α,β-unsaturated/α-hetero) is 1. The third-order valence-corrected chi connectivity index (χ3v) is 4.40. The molecule has 6 heteroatoms. The van der Waals surface area contributed by atoms with Crippen LogP contribution >= 0.6 is 0 Å². The monoisotopic (exact) mass is 345 g/mol. The number of allylic oxidation sites excluding steroid dienone is 2. The number of carbonyl (C=O) groups excluding carboxylic acids is 1. The summed E-state index contributed by atoms with van der Waals surface area (Å²) in [6.45, 7) is 5.19. The summed E-state index contributed by atoms with van der Waals surface area (Å²) in [5, 5.41) is 14.5. The van der Waals surface area contributed by atoms with Crippen LogP contribution in [0.3, 0.4) is 0 Å². The maximum atomic E-state index is 12.6. The molecule has 0 saturated carbocycles. The van der Waals surface area contributed by atoms with Gasteiger partial charge in [0, 0.05) is 12.8 Å². The fraction of sp³-hybridized carbons (Fsp3) is 0.474. The summed E-state index contributed by atoms with van der Waals surface area (Å²) in [6, 6.07) is 5.69. The fourth-order valence-corrected chi connectivity index (χ4v) is 3.20. The van der Waals surface area contributed by atoms with Crippen molar-refractivity contribution < 1.29 is 24.2 Å². The number of aliphatic hydroxyl groups excluding tert-OH is 1. The normalized spacial score (nSPS) is 20.6. The van der Waals surface area contributed by atoms with Crippen LogP contribution in [0.5, 0.6) is 11.5 Å². The Morgan fingerprint density at radius 2 is 2.00 bits per heavy atom. The third-order valence-electron chi connectivity index (χ3n) is 4.40. The minimum absolute atomic E-state index is 0.0800. The third kappa shape index (κ3) is 3.62. The highest BCUT2D eigenvalue weighted by Crippen LogP contribution is 2.39. The van der Waals surface area contributed by atoms with E-state index in [9.17, 15) is 9.90 Å². The molecule has 0 aromatic heterocycles. The summed E-state index contributed by atoms with van der Waals surface area (Å²) in [6.07, 6.45) is 1.25. The first kappa shape index (κ1) is 17.3. The van der Waals surface area contributed by atoms with Crippen molar-refractivity contribution in [2.24, 2.45) is 5.16 Å². The Labute approximate surface area is 147 Å². The lowest BCUT2D eigenvalue weighted by molar-refractivity contribution is -0.116. The van der Waals surface area contributed by atoms with E-state index in [0.29, 0.717) is 56.1 Å². The van der Waals surface area contributed by atoms with Crippen LogP contribution in [0, 0.1) is 0 Å². The van der Waals surface area contributed by atoms with Gasteiger partial charge in [0.25, 0.3) is 0 Å². The van der Waals surface area contributed by atoms with E-state index in [4.69, 9.17) is 14.3 Å². The lowest BCUT2D eigenvalue weighted by atomic mass is 9.81. The molecule has 6 nitrogen and oxygen atoms in total. The molecule has 1 aliphatic carbocycles. The number of oxime groups is 1. The molecule has 25 heavy (non-hydrogen) atoms. The molecule has 134 valence electrons. The van der Waals surface area contributed by atoms with E-state index in [2.05, 4.69) is 5.16 Å². The second-order valence-corrected chi connectivity index (χ2v) is 6.06. The van der Waals surface area contributed by atoms with Crippen LogP contribution in [0.2, 0.25) is 0 Å². The number of hydrogen-bond donors (Lipinski definition) is 1. The molecule has 1 aromatic rings. The number of aliphatic hydroxyl groups is 1. The number of ketones is 1. The van der Waals surface area contributed by atoms with E-state index in [-0.39, 0.29) is 17.5 Å². The molecule has 0 saturated heterocycles. The highest BCUT2D eigenvalue weighted by molar-refractivity contribution is 6.23. The SMILES string of the molecule is CCON=C(CC)C1=C(O)CC(c2ccc3c(c2)OCCO3)CC1=O. The van der Waals surface area contributed by atoms with E-state index in [1.165, 1.54) is 0 Å². The van der Waals surface area contributed by atoms with Gasteiger partial charge in [-0.05, 0) is 37.0 Å². The first-order chi connectivity index (χ1) is 12.1. The van der Waals surface area contributed by atoms with Gasteiger partial charge < -0.3 is 19.4 Å². The molecule has 0 radical (unpaired) electrons. The van der Waals surface area contributed by atoms with Crippen LogP contribution in [0.15, 0.2) is 34.7 Å². The minimum atomic E-state index is -0.107. The molecule has 1 heterocycles. The summed E-state index contributed by atoms with van der Waals surface area (Å²) in [5.41, 5.74) is 1.78. The van der Waals surface area contributed by atoms with Crippen LogP contribution in [-0.4, -0.2) is 36.4 Å². The summed E-state index contributed by atoms with van der Waals surface area (Å²) in [5.74, 6) is 1.30. The average Bonchev–Trinajstić information content (AvgIpc) is 2.63. The Balaban J connectivity index is 1.85. The molecular weight excluding hydrogens is 322 g/mol. The zero-order chi connectivity index (χ0) is 17.8. The maximum Gasteiger partial charge on any atom is 0.168 e. The predicted molar refractivity (Wildman–Crippen MR) is 93.4 cm³/mol. The second kappa shape index (κ2) is 7.59. The van der Waals surface area contributed by atoms with Crippen molar-refractivity contribution in [2.45, 2.75) is 39.0 Å². The van der Waals surface area contributed by atoms with E-state index in [1.807, 2.05) is 32.0 Å². The quantitative estimate of drug-likeness (QED) is 0.652. The van der Waals surface area contributed by atoms with Gasteiger partial charge in [-0.25, -0.2) is 0 Å². The molecule has 1 atom stereocenters. The lowest BCUT2D eigenvalue weighted by Crippen LogP contribution is -2.24. The van der Waals surface area contributed by atoms with E-state index in [1.54, 1.807) is 0 Å². The van der Waals surface area contributed by atoms with Crippen molar-refractivity contribution in [3.63, 3.8) is 0 Å². The van der Waals surface area contributed by atoms with Crippen molar-refractivity contribution >= 4 is 11.5 Å². The zero-order valence-corrected chi connectivity index (χ0v) is 14.6. The predicted octanol–water partition coefficient (Wildman–Crippen LogP) is 3.52. The van der Waals surface area contributed by atoms with Crippen molar-refractivity contribution in [1.82, 2.24) is 0 Å². The Morgan fingerprint density at radius 1 is 1.24 bits per heavy atom. The first-order valence-corrected chi connectivity index (χ1v) is 8.68. The zero-order valence-electron chi connectivity index (χ0n) is 14.6. The Kier molecular flexibility index (Phi) is 5.26. The van der Waals surface area contributed by atoms with Crippen molar-refractivity contribution in [3.05, 3.63) is 35.1 Å². The van der Waals surface area contributed by atoms with Crippen molar-refractivity contribution in [2.75, 3.05) is 19.8 Å². The first-order valence-electron chi connectivity index (χ1n) is 8.68. The van der Waals surface area contributed by atoms with E-state index >= 15 is 0 Å². The lowest BCUT2D eigenvalue weighted by Gasteiger charge is -2.25. The summed E-state index contributed by atoms with van der Waals surface area (Å²) >= 11 is 0. The van der Waals surface area contributed by atoms with Crippen molar-refractivity contribution in [1.29, 1.82) is 0 Å². The van der Waals surface area contributed by atoms with Gasteiger partial charge in [-0.3, -0.25) is 4.79 Å². The van der Waals surface area contributed by atoms with Gasteiger partial charge >= 0.3 is 0 Å². The largest absolute Gasteiger partial charge is 0.511 e. The average molecular weight is 345 g/mol. The van der Waals surface area contributed by atoms with Crippen LogP contribution < -0.4 is 9.47 Å². The number of carbonyl (C=O) groups is 1. The second-order valence-electron chi connectivity index (χ2n) is 6.06. The number of rotatable bonds is 5. The molecule has 0 bridgehead atoms. The Morgan fingerprint density at radius 3 is 2.68 bits per heavy atom. The number of ether oxygens (including phenoxy) is 2. The van der Waals surface area contributed by atoms with Crippen LogP contribution in [0.4, 0.5) is 0 Å². The van der Waals surface area contributed by atoms with Gasteiger partial charge in [0.2, 0.25) is 0 Å². The summed E-state index contributed by atoms with van der Waals surface area (Å²) in [4.78, 5) is 17.7. The van der Waals surface area contributed by atoms with Gasteiger partial charge in [0.1, 0.15) is 25.6 Å². The van der Waals surface area contributed by atoms with Crippen molar-refractivity contribution in [3.8, 4) is 11.5 Å². The summed E-state index contributed by atoms with van der Waals surface area (Å²) in [7, 11) is 0.